The largest absolute Gasteiger partial charge is 0.383 e. The molecular weight excluding hydrogens is 349 g/mol. The quantitative estimate of drug-likeness (QED) is 0.764. The Morgan fingerprint density at radius 1 is 1.15 bits per heavy atom. The second-order valence-corrected chi connectivity index (χ2v) is 6.89. The summed E-state index contributed by atoms with van der Waals surface area (Å²) >= 11 is 0. The van der Waals surface area contributed by atoms with E-state index in [2.05, 4.69) is 0 Å². The molecule has 5 nitrogen and oxygen atoms in total. The molecule has 1 spiro atoms. The summed E-state index contributed by atoms with van der Waals surface area (Å²) in [4.78, 5) is 28.5. The Morgan fingerprint density at radius 2 is 1.88 bits per heavy atom. The van der Waals surface area contributed by atoms with Gasteiger partial charge in [0.25, 0.3) is 5.91 Å². The number of halogens is 3. The highest BCUT2D eigenvalue weighted by Crippen LogP contribution is 2.40. The monoisotopic (exact) mass is 370 g/mol. The number of methoxy groups -OCH3 is 1. The van der Waals surface area contributed by atoms with E-state index in [-0.39, 0.29) is 19.0 Å². The predicted octanol–water partition coefficient (Wildman–Crippen LogP) is 2.21. The van der Waals surface area contributed by atoms with Crippen LogP contribution >= 0.6 is 0 Å². The molecule has 1 aromatic carbocycles. The van der Waals surface area contributed by atoms with Crippen molar-refractivity contribution in [1.29, 1.82) is 0 Å². The van der Waals surface area contributed by atoms with E-state index in [1.807, 2.05) is 0 Å². The molecule has 0 aliphatic carbocycles. The average Bonchev–Trinajstić information content (AvgIpc) is 3.04. The van der Waals surface area contributed by atoms with Crippen molar-refractivity contribution in [3.63, 3.8) is 0 Å². The minimum atomic E-state index is -1.34. The minimum Gasteiger partial charge on any atom is -0.383 e. The van der Waals surface area contributed by atoms with Gasteiger partial charge in [0.2, 0.25) is 5.91 Å². The maximum Gasteiger partial charge on any atom is 0.256 e. The molecule has 0 saturated carbocycles. The van der Waals surface area contributed by atoms with Crippen LogP contribution in [0, 0.1) is 22.9 Å². The summed E-state index contributed by atoms with van der Waals surface area (Å²) in [5.41, 5.74) is -1.20. The van der Waals surface area contributed by atoms with Crippen LogP contribution in [0.3, 0.4) is 0 Å². The van der Waals surface area contributed by atoms with Crippen LogP contribution < -0.4 is 0 Å². The molecule has 3 rings (SSSR count). The summed E-state index contributed by atoms with van der Waals surface area (Å²) in [6, 6.07) is 0.943. The first-order valence-corrected chi connectivity index (χ1v) is 8.60. The lowest BCUT2D eigenvalue weighted by molar-refractivity contribution is -0.146. The SMILES string of the molecule is COCCN1CCCC2(CCN(C(=O)c3cc(F)c(F)cc3F)C2)C1=O. The summed E-state index contributed by atoms with van der Waals surface area (Å²) in [5, 5.41) is 0. The fraction of sp³-hybridized carbons (Fsp3) is 0.556. The van der Waals surface area contributed by atoms with Gasteiger partial charge < -0.3 is 14.5 Å². The summed E-state index contributed by atoms with van der Waals surface area (Å²) in [5.74, 6) is -4.47. The van der Waals surface area contributed by atoms with E-state index in [4.69, 9.17) is 4.74 Å². The fourth-order valence-electron chi connectivity index (χ4n) is 3.85. The Hall–Kier alpha value is -2.09. The molecular formula is C18H21F3N2O3. The number of amides is 2. The van der Waals surface area contributed by atoms with Gasteiger partial charge in [-0.25, -0.2) is 13.2 Å². The molecule has 2 saturated heterocycles. The predicted molar refractivity (Wildman–Crippen MR) is 87.0 cm³/mol. The van der Waals surface area contributed by atoms with Crippen molar-refractivity contribution < 1.29 is 27.5 Å². The van der Waals surface area contributed by atoms with Gasteiger partial charge in [-0.05, 0) is 25.3 Å². The van der Waals surface area contributed by atoms with Crippen molar-refractivity contribution in [2.75, 3.05) is 39.9 Å². The highest BCUT2D eigenvalue weighted by atomic mass is 19.2. The summed E-state index contributed by atoms with van der Waals surface area (Å²) in [6.07, 6.45) is 1.95. The molecule has 0 bridgehead atoms. The van der Waals surface area contributed by atoms with Crippen LogP contribution in [0.1, 0.15) is 29.6 Å². The molecule has 142 valence electrons. The van der Waals surface area contributed by atoms with E-state index in [1.165, 1.54) is 4.90 Å². The van der Waals surface area contributed by atoms with E-state index < -0.39 is 34.3 Å². The number of ether oxygens (including phenoxy) is 1. The Balaban J connectivity index is 1.76. The van der Waals surface area contributed by atoms with Crippen LogP contribution in [0.4, 0.5) is 13.2 Å². The molecule has 2 heterocycles. The molecule has 2 fully saturated rings. The molecule has 0 aromatic heterocycles. The van der Waals surface area contributed by atoms with Gasteiger partial charge in [-0.3, -0.25) is 9.59 Å². The number of likely N-dealkylation sites (tertiary alicyclic amines) is 2. The van der Waals surface area contributed by atoms with Gasteiger partial charge in [-0.2, -0.15) is 0 Å². The summed E-state index contributed by atoms with van der Waals surface area (Å²) in [6.45, 7) is 2.01. The molecule has 1 atom stereocenters. The van der Waals surface area contributed by atoms with Crippen molar-refractivity contribution in [1.82, 2.24) is 9.80 Å². The number of hydrogen-bond acceptors (Lipinski definition) is 3. The lowest BCUT2D eigenvalue weighted by Crippen LogP contribution is -2.51. The number of carbonyl (C=O) groups is 2. The molecule has 0 radical (unpaired) electrons. The minimum absolute atomic E-state index is 0.0261. The van der Waals surface area contributed by atoms with Crippen LogP contribution in [0.5, 0.6) is 0 Å². The second-order valence-electron chi connectivity index (χ2n) is 6.89. The van der Waals surface area contributed by atoms with E-state index in [0.717, 1.165) is 6.42 Å². The number of rotatable bonds is 4. The van der Waals surface area contributed by atoms with E-state index >= 15 is 0 Å². The zero-order chi connectivity index (χ0) is 18.9. The number of hydrogen-bond donors (Lipinski definition) is 0. The Labute approximate surface area is 149 Å². The fourth-order valence-corrected chi connectivity index (χ4v) is 3.85. The number of benzene rings is 1. The van der Waals surface area contributed by atoms with Gasteiger partial charge in [0, 0.05) is 39.4 Å². The lowest BCUT2D eigenvalue weighted by Gasteiger charge is -2.39. The third-order valence-corrected chi connectivity index (χ3v) is 5.27. The highest BCUT2D eigenvalue weighted by Gasteiger charge is 2.49. The molecule has 8 heteroatoms. The maximum absolute atomic E-state index is 13.9. The van der Waals surface area contributed by atoms with Crippen LogP contribution in [0.2, 0.25) is 0 Å². The first-order chi connectivity index (χ1) is 12.4. The van der Waals surface area contributed by atoms with Gasteiger partial charge in [-0.15, -0.1) is 0 Å². The third kappa shape index (κ3) is 3.30. The summed E-state index contributed by atoms with van der Waals surface area (Å²) in [7, 11) is 1.57. The van der Waals surface area contributed by atoms with Crippen LogP contribution in [0.15, 0.2) is 12.1 Å². The molecule has 2 aliphatic rings. The Bertz CT molecular complexity index is 728. The van der Waals surface area contributed by atoms with Crippen LogP contribution in [0.25, 0.3) is 0 Å². The zero-order valence-electron chi connectivity index (χ0n) is 14.6. The van der Waals surface area contributed by atoms with E-state index in [1.54, 1.807) is 12.0 Å². The van der Waals surface area contributed by atoms with Crippen molar-refractivity contribution >= 4 is 11.8 Å². The molecule has 26 heavy (non-hydrogen) atoms. The standard InChI is InChI=1S/C18H21F3N2O3/c1-26-8-7-22-5-2-3-18(17(22)25)4-6-23(11-18)16(24)12-9-14(20)15(21)10-13(12)19/h9-10H,2-8,11H2,1H3. The Kier molecular flexibility index (Phi) is 5.22. The van der Waals surface area contributed by atoms with E-state index in [9.17, 15) is 22.8 Å². The summed E-state index contributed by atoms with van der Waals surface area (Å²) < 4.78 is 45.4. The molecule has 1 unspecified atom stereocenters. The number of carbonyl (C=O) groups excluding carboxylic acids is 2. The van der Waals surface area contributed by atoms with Crippen molar-refractivity contribution in [2.24, 2.45) is 5.41 Å². The third-order valence-electron chi connectivity index (χ3n) is 5.27. The number of nitrogens with zero attached hydrogens (tertiary/aromatic N) is 2. The van der Waals surface area contributed by atoms with Crippen LogP contribution in [-0.4, -0.2) is 61.5 Å². The van der Waals surface area contributed by atoms with Gasteiger partial charge in [0.1, 0.15) is 5.82 Å². The molecule has 1 aromatic rings. The zero-order valence-corrected chi connectivity index (χ0v) is 14.6. The normalized spacial score (nSPS) is 23.2. The average molecular weight is 370 g/mol. The number of piperidine rings is 1. The maximum atomic E-state index is 13.9. The molecule has 0 N–H and O–H groups in total. The van der Waals surface area contributed by atoms with Crippen LogP contribution in [-0.2, 0) is 9.53 Å². The van der Waals surface area contributed by atoms with E-state index in [0.29, 0.717) is 44.7 Å². The van der Waals surface area contributed by atoms with Gasteiger partial charge >= 0.3 is 0 Å². The first kappa shape index (κ1) is 18.7. The first-order valence-electron chi connectivity index (χ1n) is 8.60. The van der Waals surface area contributed by atoms with Gasteiger partial charge in [0.05, 0.1) is 17.6 Å². The van der Waals surface area contributed by atoms with Gasteiger partial charge in [-0.1, -0.05) is 0 Å². The second kappa shape index (κ2) is 7.26. The topological polar surface area (TPSA) is 49.9 Å². The Morgan fingerprint density at radius 3 is 2.62 bits per heavy atom. The molecule has 2 amide bonds. The van der Waals surface area contributed by atoms with Crippen molar-refractivity contribution in [3.05, 3.63) is 35.1 Å². The molecule has 2 aliphatic heterocycles. The highest BCUT2D eigenvalue weighted by molar-refractivity contribution is 5.95. The van der Waals surface area contributed by atoms with Crippen molar-refractivity contribution in [3.8, 4) is 0 Å². The van der Waals surface area contributed by atoms with Crippen molar-refractivity contribution in [2.45, 2.75) is 19.3 Å². The van der Waals surface area contributed by atoms with Gasteiger partial charge in [0.15, 0.2) is 11.6 Å². The smallest absolute Gasteiger partial charge is 0.256 e. The lowest BCUT2D eigenvalue weighted by atomic mass is 9.78.